The first-order chi connectivity index (χ1) is 13.7. The number of carbonyl (C=O) groups is 3. The number of hydrogen-bond donors (Lipinski definition) is 1. The summed E-state index contributed by atoms with van der Waals surface area (Å²) in [5.74, 6) is -0.408. The summed E-state index contributed by atoms with van der Waals surface area (Å²) in [7, 11) is 0. The summed E-state index contributed by atoms with van der Waals surface area (Å²) >= 11 is 0. The highest BCUT2D eigenvalue weighted by Crippen LogP contribution is 2.77. The van der Waals surface area contributed by atoms with Crippen molar-refractivity contribution in [2.24, 2.45) is 34.3 Å². The fourth-order valence-corrected chi connectivity index (χ4v) is 8.50. The second kappa shape index (κ2) is 5.13. The number of nitrogens with two attached hydrogens (primary N) is 1. The van der Waals surface area contributed by atoms with Crippen molar-refractivity contribution in [3.8, 4) is 0 Å². The molecule has 2 unspecified atom stereocenters. The number of esters is 1. The molecule has 0 aromatic rings. The van der Waals surface area contributed by atoms with E-state index in [2.05, 4.69) is 13.8 Å². The zero-order valence-electron chi connectivity index (χ0n) is 17.2. The standard InChI is InChI=1S/C23H29NO5/c1-20-6-3-13(25)9-12(20)10-14(19(24)27)18-15-4-7-22(8-5-17(26)29-22)21(15,2)11-16-23(18,20)28-16/h10,14-16,18H,3-9,11H2,1-2H3,(H2,24,27)/t14-,15?,16-,18?,20+,21+,22-,23-/m1/s1. The van der Waals surface area contributed by atoms with Gasteiger partial charge in [-0.2, -0.15) is 0 Å². The lowest BCUT2D eigenvalue weighted by molar-refractivity contribution is -0.166. The van der Waals surface area contributed by atoms with Crippen molar-refractivity contribution in [3.05, 3.63) is 11.6 Å². The normalized spacial score (nSPS) is 54.8. The lowest BCUT2D eigenvalue weighted by Gasteiger charge is -2.57. The van der Waals surface area contributed by atoms with Gasteiger partial charge in [0.1, 0.15) is 17.0 Å². The van der Waals surface area contributed by atoms with Crippen molar-refractivity contribution in [2.45, 2.75) is 82.5 Å². The van der Waals surface area contributed by atoms with E-state index in [-0.39, 0.29) is 46.4 Å². The van der Waals surface area contributed by atoms with Crippen LogP contribution in [0.4, 0.5) is 0 Å². The molecule has 29 heavy (non-hydrogen) atoms. The lowest BCUT2D eigenvalue weighted by Crippen LogP contribution is -2.63. The van der Waals surface area contributed by atoms with Gasteiger partial charge in [-0.3, -0.25) is 14.4 Å². The van der Waals surface area contributed by atoms with Crippen LogP contribution in [0.15, 0.2) is 11.6 Å². The highest BCUT2D eigenvalue weighted by Gasteiger charge is 2.82. The molecule has 6 nitrogen and oxygen atoms in total. The maximum absolute atomic E-state index is 12.6. The molecular formula is C23H29NO5. The zero-order chi connectivity index (χ0) is 20.4. The minimum atomic E-state index is -0.428. The Labute approximate surface area is 170 Å². The van der Waals surface area contributed by atoms with Crippen LogP contribution in [0.25, 0.3) is 0 Å². The third-order valence-corrected chi connectivity index (χ3v) is 10.0. The molecule has 5 fully saturated rings. The molecule has 0 aromatic carbocycles. The fourth-order valence-electron chi connectivity index (χ4n) is 8.50. The number of epoxide rings is 1. The number of ketones is 1. The van der Waals surface area contributed by atoms with Crippen LogP contribution < -0.4 is 5.73 Å². The van der Waals surface area contributed by atoms with E-state index in [1.54, 1.807) is 0 Å². The van der Waals surface area contributed by atoms with E-state index in [9.17, 15) is 14.4 Å². The van der Waals surface area contributed by atoms with E-state index in [1.165, 1.54) is 0 Å². The van der Waals surface area contributed by atoms with Gasteiger partial charge in [-0.1, -0.05) is 25.5 Å². The monoisotopic (exact) mass is 399 g/mol. The van der Waals surface area contributed by atoms with Gasteiger partial charge in [0.15, 0.2) is 0 Å². The van der Waals surface area contributed by atoms with Gasteiger partial charge >= 0.3 is 5.97 Å². The fraction of sp³-hybridized carbons (Fsp3) is 0.783. The molecule has 0 radical (unpaired) electrons. The molecule has 2 N–H and O–H groups in total. The molecule has 8 atom stereocenters. The number of rotatable bonds is 1. The number of Topliss-reactive ketones (excluding diaryl/α,β-unsaturated/α-hetero) is 1. The van der Waals surface area contributed by atoms with Gasteiger partial charge in [-0.25, -0.2) is 0 Å². The second-order valence-electron chi connectivity index (χ2n) is 10.8. The Morgan fingerprint density at radius 1 is 1.17 bits per heavy atom. The van der Waals surface area contributed by atoms with E-state index in [1.807, 2.05) is 6.08 Å². The number of ether oxygens (including phenoxy) is 2. The molecule has 1 amide bonds. The Balaban J connectivity index is 1.50. The summed E-state index contributed by atoms with van der Waals surface area (Å²) in [6.45, 7) is 4.48. The Morgan fingerprint density at radius 3 is 2.66 bits per heavy atom. The molecule has 2 spiro atoms. The van der Waals surface area contributed by atoms with Crippen LogP contribution in [0.5, 0.6) is 0 Å². The first-order valence-corrected chi connectivity index (χ1v) is 11.1. The number of fused-ring (bicyclic) bond motifs is 4. The first kappa shape index (κ1) is 18.1. The molecule has 0 bridgehead atoms. The Bertz CT molecular complexity index is 896. The van der Waals surface area contributed by atoms with Gasteiger partial charge in [-0.15, -0.1) is 0 Å². The van der Waals surface area contributed by atoms with Crippen LogP contribution in [0.1, 0.15) is 65.2 Å². The quantitative estimate of drug-likeness (QED) is 0.415. The van der Waals surface area contributed by atoms with Crippen molar-refractivity contribution in [2.75, 3.05) is 0 Å². The van der Waals surface area contributed by atoms with E-state index in [0.717, 1.165) is 37.7 Å². The third-order valence-electron chi connectivity index (χ3n) is 10.0. The van der Waals surface area contributed by atoms with Crippen LogP contribution in [-0.2, 0) is 23.9 Å². The van der Waals surface area contributed by atoms with E-state index in [4.69, 9.17) is 15.2 Å². The average molecular weight is 399 g/mol. The third kappa shape index (κ3) is 1.86. The summed E-state index contributed by atoms with van der Waals surface area (Å²) in [6, 6.07) is 0. The summed E-state index contributed by atoms with van der Waals surface area (Å²) in [4.78, 5) is 36.9. The molecule has 6 heteroatoms. The van der Waals surface area contributed by atoms with Gasteiger partial charge in [0.25, 0.3) is 0 Å². The first-order valence-electron chi connectivity index (χ1n) is 11.1. The summed E-state index contributed by atoms with van der Waals surface area (Å²) in [6.07, 6.45) is 7.69. The number of primary amides is 1. The van der Waals surface area contributed by atoms with Gasteiger partial charge in [-0.05, 0) is 38.0 Å². The molecule has 3 saturated carbocycles. The maximum Gasteiger partial charge on any atom is 0.306 e. The Hall–Kier alpha value is -1.69. The van der Waals surface area contributed by atoms with Crippen LogP contribution in [-0.4, -0.2) is 35.0 Å². The smallest absolute Gasteiger partial charge is 0.306 e. The molecule has 2 aliphatic heterocycles. The van der Waals surface area contributed by atoms with Gasteiger partial charge in [0, 0.05) is 36.0 Å². The van der Waals surface area contributed by atoms with Crippen molar-refractivity contribution in [3.63, 3.8) is 0 Å². The van der Waals surface area contributed by atoms with Gasteiger partial charge in [0.05, 0.1) is 12.0 Å². The SMILES string of the molecule is C[C@]12CCC(=O)CC1=C[C@@H](C(N)=O)C1C3CC[C@@]4(CCC(=O)O4)[C@@]3(C)C[C@H]3O[C@@]132. The van der Waals surface area contributed by atoms with Crippen molar-refractivity contribution in [1.29, 1.82) is 0 Å². The predicted molar refractivity (Wildman–Crippen MR) is 102 cm³/mol. The summed E-state index contributed by atoms with van der Waals surface area (Å²) in [5, 5.41) is 0. The van der Waals surface area contributed by atoms with Crippen LogP contribution in [0.3, 0.4) is 0 Å². The minimum absolute atomic E-state index is 0.00983. The topological polar surface area (TPSA) is 99.0 Å². The summed E-state index contributed by atoms with van der Waals surface area (Å²) in [5.41, 5.74) is 5.74. The molecule has 2 saturated heterocycles. The maximum atomic E-state index is 12.6. The van der Waals surface area contributed by atoms with E-state index < -0.39 is 17.1 Å². The van der Waals surface area contributed by atoms with Crippen LogP contribution >= 0.6 is 0 Å². The minimum Gasteiger partial charge on any atom is -0.458 e. The van der Waals surface area contributed by atoms with Crippen LogP contribution in [0.2, 0.25) is 0 Å². The molecule has 156 valence electrons. The van der Waals surface area contributed by atoms with Crippen molar-refractivity contribution in [1.82, 2.24) is 0 Å². The van der Waals surface area contributed by atoms with Crippen LogP contribution in [0, 0.1) is 28.6 Å². The Morgan fingerprint density at radius 2 is 1.97 bits per heavy atom. The lowest BCUT2D eigenvalue weighted by atomic mass is 9.44. The molecule has 4 aliphatic carbocycles. The average Bonchev–Trinajstić information content (AvgIpc) is 3.14. The predicted octanol–water partition coefficient (Wildman–Crippen LogP) is 2.44. The summed E-state index contributed by atoms with van der Waals surface area (Å²) < 4.78 is 12.6. The second-order valence-corrected chi connectivity index (χ2v) is 10.8. The van der Waals surface area contributed by atoms with Crippen molar-refractivity contribution < 1.29 is 23.9 Å². The molecule has 6 rings (SSSR count). The molecule has 6 aliphatic rings. The van der Waals surface area contributed by atoms with Crippen molar-refractivity contribution >= 4 is 17.7 Å². The number of amides is 1. The highest BCUT2D eigenvalue weighted by atomic mass is 16.6. The molecule has 0 aromatic heterocycles. The largest absolute Gasteiger partial charge is 0.458 e. The molecular weight excluding hydrogens is 370 g/mol. The van der Waals surface area contributed by atoms with Gasteiger partial charge in [0.2, 0.25) is 5.91 Å². The number of carbonyl (C=O) groups excluding carboxylic acids is 3. The van der Waals surface area contributed by atoms with E-state index in [0.29, 0.717) is 19.3 Å². The van der Waals surface area contributed by atoms with E-state index >= 15 is 0 Å². The zero-order valence-corrected chi connectivity index (χ0v) is 17.2. The number of hydrogen-bond acceptors (Lipinski definition) is 5. The Kier molecular flexibility index (Phi) is 3.20. The molecule has 2 heterocycles. The van der Waals surface area contributed by atoms with Gasteiger partial charge < -0.3 is 15.2 Å². The highest BCUT2D eigenvalue weighted by molar-refractivity contribution is 5.85.